The van der Waals surface area contributed by atoms with Crippen LogP contribution in [0.3, 0.4) is 0 Å². The van der Waals surface area contributed by atoms with Gasteiger partial charge in [0.2, 0.25) is 0 Å². The molecule has 0 unspecified atom stereocenters. The van der Waals surface area contributed by atoms with Crippen LogP contribution in [0.5, 0.6) is 0 Å². The summed E-state index contributed by atoms with van der Waals surface area (Å²) in [6.45, 7) is 1.53. The molecule has 1 aromatic carbocycles. The van der Waals surface area contributed by atoms with Crippen LogP contribution in [0.15, 0.2) is 18.2 Å². The van der Waals surface area contributed by atoms with Gasteiger partial charge >= 0.3 is 0 Å². The molecule has 1 rings (SSSR count). The van der Waals surface area contributed by atoms with Gasteiger partial charge in [0.25, 0.3) is 0 Å². The molecule has 1 nitrogen and oxygen atoms in total. The van der Waals surface area contributed by atoms with Crippen LogP contribution >= 0.6 is 27.5 Å². The van der Waals surface area contributed by atoms with Crippen LogP contribution in [0.2, 0.25) is 5.02 Å². The van der Waals surface area contributed by atoms with E-state index in [-0.39, 0.29) is 5.78 Å². The van der Waals surface area contributed by atoms with E-state index in [4.69, 9.17) is 11.6 Å². The van der Waals surface area contributed by atoms with Crippen molar-refractivity contribution >= 4 is 33.3 Å². The van der Waals surface area contributed by atoms with E-state index in [1.54, 1.807) is 12.1 Å². The third-order valence-electron chi connectivity index (χ3n) is 1.60. The Kier molecular flexibility index (Phi) is 3.29. The van der Waals surface area contributed by atoms with Gasteiger partial charge in [-0.1, -0.05) is 39.7 Å². The van der Waals surface area contributed by atoms with E-state index in [0.29, 0.717) is 15.9 Å². The van der Waals surface area contributed by atoms with Gasteiger partial charge < -0.3 is 0 Å². The zero-order valence-corrected chi connectivity index (χ0v) is 8.95. The van der Waals surface area contributed by atoms with Gasteiger partial charge in [-0.25, -0.2) is 0 Å². The van der Waals surface area contributed by atoms with Crippen molar-refractivity contribution in [2.24, 2.45) is 0 Å². The van der Waals surface area contributed by atoms with Crippen LogP contribution in [-0.2, 0) is 5.33 Å². The zero-order chi connectivity index (χ0) is 9.14. The summed E-state index contributed by atoms with van der Waals surface area (Å²) in [6, 6.07) is 5.33. The standard InChI is InChI=1S/C9H8BrClO/c1-6(12)7-2-3-8(5-10)9(11)4-7/h2-4H,5H2,1H3. The molecular formula is C9H8BrClO. The summed E-state index contributed by atoms with van der Waals surface area (Å²) in [5.74, 6) is 0.0398. The molecule has 0 heterocycles. The highest BCUT2D eigenvalue weighted by Gasteiger charge is 2.03. The van der Waals surface area contributed by atoms with Gasteiger partial charge in [-0.2, -0.15) is 0 Å². The molecule has 3 heteroatoms. The van der Waals surface area contributed by atoms with Crippen molar-refractivity contribution in [2.75, 3.05) is 0 Å². The summed E-state index contributed by atoms with van der Waals surface area (Å²) in [4.78, 5) is 10.9. The molecule has 0 fully saturated rings. The van der Waals surface area contributed by atoms with E-state index in [1.165, 1.54) is 6.92 Å². The molecule has 0 N–H and O–H groups in total. The number of benzene rings is 1. The minimum Gasteiger partial charge on any atom is -0.295 e. The Bertz CT molecular complexity index is 309. The lowest BCUT2D eigenvalue weighted by atomic mass is 10.1. The number of hydrogen-bond acceptors (Lipinski definition) is 1. The second-order valence-electron chi connectivity index (χ2n) is 2.50. The van der Waals surface area contributed by atoms with Crippen molar-refractivity contribution in [1.29, 1.82) is 0 Å². The minimum atomic E-state index is 0.0398. The molecule has 1 aromatic rings. The van der Waals surface area contributed by atoms with E-state index >= 15 is 0 Å². The lowest BCUT2D eigenvalue weighted by Crippen LogP contribution is -1.92. The van der Waals surface area contributed by atoms with Crippen molar-refractivity contribution < 1.29 is 4.79 Å². The average molecular weight is 248 g/mol. The lowest BCUT2D eigenvalue weighted by molar-refractivity contribution is 0.101. The van der Waals surface area contributed by atoms with Gasteiger partial charge in [-0.3, -0.25) is 4.79 Å². The Morgan fingerprint density at radius 3 is 2.67 bits per heavy atom. The highest BCUT2D eigenvalue weighted by molar-refractivity contribution is 9.08. The van der Waals surface area contributed by atoms with E-state index in [9.17, 15) is 4.79 Å². The molecule has 0 bridgehead atoms. The number of alkyl halides is 1. The van der Waals surface area contributed by atoms with Gasteiger partial charge in [0.15, 0.2) is 5.78 Å². The van der Waals surface area contributed by atoms with Crippen LogP contribution in [-0.4, -0.2) is 5.78 Å². The maximum absolute atomic E-state index is 10.9. The van der Waals surface area contributed by atoms with Crippen molar-refractivity contribution in [2.45, 2.75) is 12.3 Å². The fourth-order valence-corrected chi connectivity index (χ4v) is 1.77. The Morgan fingerprint density at radius 1 is 1.58 bits per heavy atom. The topological polar surface area (TPSA) is 17.1 Å². The molecule has 0 aromatic heterocycles. The first kappa shape index (κ1) is 9.75. The predicted octanol–water partition coefficient (Wildman–Crippen LogP) is 3.44. The van der Waals surface area contributed by atoms with Crippen LogP contribution in [0, 0.1) is 0 Å². The van der Waals surface area contributed by atoms with Crippen molar-refractivity contribution in [1.82, 2.24) is 0 Å². The van der Waals surface area contributed by atoms with E-state index < -0.39 is 0 Å². The van der Waals surface area contributed by atoms with Crippen LogP contribution < -0.4 is 0 Å². The van der Waals surface area contributed by atoms with Gasteiger partial charge in [0.05, 0.1) is 0 Å². The molecule has 12 heavy (non-hydrogen) atoms. The first-order valence-electron chi connectivity index (χ1n) is 3.50. The normalized spacial score (nSPS) is 9.92. The summed E-state index contributed by atoms with van der Waals surface area (Å²) in [5.41, 5.74) is 1.66. The molecule has 0 aliphatic carbocycles. The fraction of sp³-hybridized carbons (Fsp3) is 0.222. The Balaban J connectivity index is 3.10. The monoisotopic (exact) mass is 246 g/mol. The smallest absolute Gasteiger partial charge is 0.159 e. The van der Waals surface area contributed by atoms with E-state index in [0.717, 1.165) is 5.56 Å². The van der Waals surface area contributed by atoms with Gasteiger partial charge in [-0.15, -0.1) is 0 Å². The van der Waals surface area contributed by atoms with Crippen molar-refractivity contribution in [3.8, 4) is 0 Å². The minimum absolute atomic E-state index is 0.0398. The fourth-order valence-electron chi connectivity index (χ4n) is 0.875. The average Bonchev–Trinajstić information content (AvgIpc) is 2.04. The molecule has 0 aliphatic rings. The number of ketones is 1. The third kappa shape index (κ3) is 2.08. The number of halogens is 2. The first-order chi connectivity index (χ1) is 5.65. The summed E-state index contributed by atoms with van der Waals surface area (Å²) in [6.07, 6.45) is 0. The zero-order valence-electron chi connectivity index (χ0n) is 6.60. The second kappa shape index (κ2) is 4.06. The highest BCUT2D eigenvalue weighted by atomic mass is 79.9. The second-order valence-corrected chi connectivity index (χ2v) is 3.46. The lowest BCUT2D eigenvalue weighted by Gasteiger charge is -2.01. The van der Waals surface area contributed by atoms with Gasteiger partial charge in [-0.05, 0) is 18.6 Å². The summed E-state index contributed by atoms with van der Waals surface area (Å²) < 4.78 is 0. The van der Waals surface area contributed by atoms with Crippen molar-refractivity contribution in [3.05, 3.63) is 34.3 Å². The maximum Gasteiger partial charge on any atom is 0.159 e. The molecule has 0 saturated carbocycles. The first-order valence-corrected chi connectivity index (χ1v) is 5.00. The van der Waals surface area contributed by atoms with Crippen LogP contribution in [0.25, 0.3) is 0 Å². The van der Waals surface area contributed by atoms with Crippen LogP contribution in [0.1, 0.15) is 22.8 Å². The van der Waals surface area contributed by atoms with Gasteiger partial charge in [0, 0.05) is 15.9 Å². The van der Waals surface area contributed by atoms with E-state index in [1.807, 2.05) is 6.07 Å². The molecule has 0 aliphatic heterocycles. The highest BCUT2D eigenvalue weighted by Crippen LogP contribution is 2.20. The van der Waals surface area contributed by atoms with E-state index in [2.05, 4.69) is 15.9 Å². The molecular weight excluding hydrogens is 239 g/mol. The Labute approximate surface area is 84.9 Å². The number of hydrogen-bond donors (Lipinski definition) is 0. The Morgan fingerprint density at radius 2 is 2.25 bits per heavy atom. The number of Topliss-reactive ketones (excluding diaryl/α,β-unsaturated/α-hetero) is 1. The number of rotatable bonds is 2. The molecule has 0 saturated heterocycles. The quantitative estimate of drug-likeness (QED) is 0.578. The largest absolute Gasteiger partial charge is 0.295 e. The number of carbonyl (C=O) groups excluding carboxylic acids is 1. The summed E-state index contributed by atoms with van der Waals surface area (Å²) in [7, 11) is 0. The molecule has 0 atom stereocenters. The summed E-state index contributed by atoms with van der Waals surface area (Å²) >= 11 is 9.19. The third-order valence-corrected chi connectivity index (χ3v) is 2.56. The van der Waals surface area contributed by atoms with Crippen molar-refractivity contribution in [3.63, 3.8) is 0 Å². The SMILES string of the molecule is CC(=O)c1ccc(CBr)c(Cl)c1. The number of carbonyl (C=O) groups is 1. The molecule has 0 spiro atoms. The summed E-state index contributed by atoms with van der Waals surface area (Å²) in [5, 5.41) is 1.35. The predicted molar refractivity (Wildman–Crippen MR) is 54.1 cm³/mol. The molecule has 64 valence electrons. The molecule has 0 radical (unpaired) electrons. The molecule has 0 amide bonds. The Hall–Kier alpha value is -0.340. The van der Waals surface area contributed by atoms with Gasteiger partial charge in [0.1, 0.15) is 0 Å². The maximum atomic E-state index is 10.9. The van der Waals surface area contributed by atoms with Crippen LogP contribution in [0.4, 0.5) is 0 Å².